The van der Waals surface area contributed by atoms with E-state index in [4.69, 9.17) is 5.73 Å². The van der Waals surface area contributed by atoms with Gasteiger partial charge in [-0.2, -0.15) is 5.10 Å². The number of hydrogen-bond acceptors (Lipinski definition) is 3. The normalized spacial score (nSPS) is 17.2. The SMILES string of the molecule is Cl.NCC1CCCN1C(=O)c1nn(-c2ccc(F)cc2)cc1Br. The van der Waals surface area contributed by atoms with E-state index in [1.807, 2.05) is 0 Å². The van der Waals surface area contributed by atoms with Crippen LogP contribution in [0.5, 0.6) is 0 Å². The van der Waals surface area contributed by atoms with Gasteiger partial charge in [-0.1, -0.05) is 0 Å². The van der Waals surface area contributed by atoms with Crippen molar-refractivity contribution in [2.24, 2.45) is 5.73 Å². The van der Waals surface area contributed by atoms with Crippen LogP contribution in [0.3, 0.4) is 0 Å². The molecular formula is C15H17BrClFN4O. The summed E-state index contributed by atoms with van der Waals surface area (Å²) in [4.78, 5) is 14.4. The maximum atomic E-state index is 13.0. The maximum absolute atomic E-state index is 13.0. The van der Waals surface area contributed by atoms with Crippen LogP contribution in [0.4, 0.5) is 4.39 Å². The summed E-state index contributed by atoms with van der Waals surface area (Å²) in [5.74, 6) is -0.435. The largest absolute Gasteiger partial charge is 0.333 e. The molecule has 0 radical (unpaired) electrons. The summed E-state index contributed by atoms with van der Waals surface area (Å²) < 4.78 is 15.2. The molecule has 1 fully saturated rings. The second-order valence-corrected chi connectivity index (χ2v) is 6.13. The van der Waals surface area contributed by atoms with E-state index in [1.165, 1.54) is 12.1 Å². The minimum Gasteiger partial charge on any atom is -0.333 e. The number of nitrogens with two attached hydrogens (primary N) is 1. The Morgan fingerprint density at radius 3 is 2.74 bits per heavy atom. The highest BCUT2D eigenvalue weighted by Crippen LogP contribution is 2.24. The van der Waals surface area contributed by atoms with E-state index in [-0.39, 0.29) is 30.2 Å². The van der Waals surface area contributed by atoms with Gasteiger partial charge in [-0.15, -0.1) is 12.4 Å². The molecule has 1 aromatic heterocycles. The number of benzene rings is 1. The molecule has 1 saturated heterocycles. The van der Waals surface area contributed by atoms with Crippen LogP contribution in [-0.2, 0) is 0 Å². The van der Waals surface area contributed by atoms with Gasteiger partial charge < -0.3 is 10.6 Å². The maximum Gasteiger partial charge on any atom is 0.275 e. The van der Waals surface area contributed by atoms with Gasteiger partial charge >= 0.3 is 0 Å². The van der Waals surface area contributed by atoms with Crippen LogP contribution in [-0.4, -0.2) is 39.7 Å². The standard InChI is InChI=1S/C15H16BrFN4O.ClH/c16-13-9-21(11-5-3-10(17)4-6-11)19-14(13)15(22)20-7-1-2-12(20)8-18;/h3-6,9,12H,1-2,7-8,18H2;1H. The number of aromatic nitrogens is 2. The van der Waals surface area contributed by atoms with Gasteiger partial charge in [0.25, 0.3) is 5.91 Å². The molecule has 1 atom stereocenters. The van der Waals surface area contributed by atoms with Crippen LogP contribution in [0.1, 0.15) is 23.3 Å². The molecule has 2 N–H and O–H groups in total. The lowest BCUT2D eigenvalue weighted by atomic mass is 10.2. The average molecular weight is 404 g/mol. The number of amides is 1. The molecule has 0 saturated carbocycles. The van der Waals surface area contributed by atoms with E-state index in [0.717, 1.165) is 12.8 Å². The molecule has 2 aromatic rings. The first kappa shape index (κ1) is 17.9. The Kier molecular flexibility index (Phi) is 5.78. The summed E-state index contributed by atoms with van der Waals surface area (Å²) in [5.41, 5.74) is 6.77. The molecule has 1 aromatic carbocycles. The van der Waals surface area contributed by atoms with E-state index >= 15 is 0 Å². The van der Waals surface area contributed by atoms with Gasteiger partial charge in [0, 0.05) is 25.3 Å². The van der Waals surface area contributed by atoms with Crippen LogP contribution < -0.4 is 5.73 Å². The minimum atomic E-state index is -0.311. The molecule has 3 rings (SSSR count). The second-order valence-electron chi connectivity index (χ2n) is 5.28. The second kappa shape index (κ2) is 7.42. The summed E-state index contributed by atoms with van der Waals surface area (Å²) in [5, 5.41) is 4.34. The van der Waals surface area contributed by atoms with Gasteiger partial charge in [-0.05, 0) is 53.0 Å². The topological polar surface area (TPSA) is 64.2 Å². The first-order valence-corrected chi connectivity index (χ1v) is 7.91. The van der Waals surface area contributed by atoms with E-state index in [0.29, 0.717) is 28.9 Å². The Bertz CT molecular complexity index is 691. The zero-order chi connectivity index (χ0) is 15.7. The highest BCUT2D eigenvalue weighted by molar-refractivity contribution is 9.10. The fourth-order valence-corrected chi connectivity index (χ4v) is 3.15. The smallest absolute Gasteiger partial charge is 0.275 e. The van der Waals surface area contributed by atoms with Crippen molar-refractivity contribution in [2.75, 3.05) is 13.1 Å². The molecule has 0 aliphatic carbocycles. The molecule has 0 bridgehead atoms. The predicted octanol–water partition coefficient (Wildman–Crippen LogP) is 2.76. The Morgan fingerprint density at radius 2 is 2.09 bits per heavy atom. The van der Waals surface area contributed by atoms with E-state index in [9.17, 15) is 9.18 Å². The molecule has 5 nitrogen and oxygen atoms in total. The number of carbonyl (C=O) groups excluding carboxylic acids is 1. The summed E-state index contributed by atoms with van der Waals surface area (Å²) in [6, 6.07) is 6.02. The minimum absolute atomic E-state index is 0. The summed E-state index contributed by atoms with van der Waals surface area (Å²) >= 11 is 3.38. The zero-order valence-corrected chi connectivity index (χ0v) is 14.7. The fourth-order valence-electron chi connectivity index (χ4n) is 2.71. The molecule has 1 amide bonds. The zero-order valence-electron chi connectivity index (χ0n) is 12.3. The number of likely N-dealkylation sites (tertiary alicyclic amines) is 1. The van der Waals surface area contributed by atoms with Crippen LogP contribution >= 0.6 is 28.3 Å². The third kappa shape index (κ3) is 3.57. The third-order valence-corrected chi connectivity index (χ3v) is 4.45. The predicted molar refractivity (Wildman–Crippen MR) is 91.6 cm³/mol. The van der Waals surface area contributed by atoms with Crippen molar-refractivity contribution in [2.45, 2.75) is 18.9 Å². The molecular weight excluding hydrogens is 387 g/mol. The number of halogens is 3. The fraction of sp³-hybridized carbons (Fsp3) is 0.333. The van der Waals surface area contributed by atoms with Gasteiger partial charge in [-0.3, -0.25) is 4.79 Å². The number of nitrogens with zero attached hydrogens (tertiary/aromatic N) is 3. The van der Waals surface area contributed by atoms with Crippen molar-refractivity contribution in [3.8, 4) is 5.69 Å². The van der Waals surface area contributed by atoms with Crippen molar-refractivity contribution in [1.82, 2.24) is 14.7 Å². The Labute approximate surface area is 148 Å². The molecule has 1 aliphatic rings. The molecule has 1 unspecified atom stereocenters. The van der Waals surface area contributed by atoms with Crippen molar-refractivity contribution in [3.05, 3.63) is 46.4 Å². The molecule has 8 heteroatoms. The van der Waals surface area contributed by atoms with Gasteiger partial charge in [0.15, 0.2) is 5.69 Å². The van der Waals surface area contributed by atoms with E-state index < -0.39 is 0 Å². The van der Waals surface area contributed by atoms with Crippen molar-refractivity contribution >= 4 is 34.2 Å². The van der Waals surface area contributed by atoms with Crippen LogP contribution in [0.2, 0.25) is 0 Å². The summed E-state index contributed by atoms with van der Waals surface area (Å²) in [7, 11) is 0. The Hall–Kier alpha value is -1.44. The molecule has 1 aliphatic heterocycles. The lowest BCUT2D eigenvalue weighted by Gasteiger charge is -2.22. The summed E-state index contributed by atoms with van der Waals surface area (Å²) in [6.45, 7) is 1.17. The third-order valence-electron chi connectivity index (χ3n) is 3.87. The van der Waals surface area contributed by atoms with Crippen LogP contribution in [0.15, 0.2) is 34.9 Å². The molecule has 23 heavy (non-hydrogen) atoms. The first-order chi connectivity index (χ1) is 10.6. The van der Waals surface area contributed by atoms with Crippen molar-refractivity contribution in [3.63, 3.8) is 0 Å². The number of rotatable bonds is 3. The van der Waals surface area contributed by atoms with Crippen LogP contribution in [0.25, 0.3) is 5.69 Å². The molecule has 0 spiro atoms. The Balaban J connectivity index is 0.00000192. The first-order valence-electron chi connectivity index (χ1n) is 7.12. The quantitative estimate of drug-likeness (QED) is 0.857. The molecule has 124 valence electrons. The van der Waals surface area contributed by atoms with Crippen molar-refractivity contribution < 1.29 is 9.18 Å². The van der Waals surface area contributed by atoms with Gasteiger partial charge in [0.05, 0.1) is 10.2 Å². The average Bonchev–Trinajstić information content (AvgIpc) is 3.13. The van der Waals surface area contributed by atoms with Gasteiger partial charge in [0.1, 0.15) is 5.82 Å². The lowest BCUT2D eigenvalue weighted by molar-refractivity contribution is 0.0734. The van der Waals surface area contributed by atoms with Gasteiger partial charge in [-0.25, -0.2) is 9.07 Å². The van der Waals surface area contributed by atoms with E-state index in [2.05, 4.69) is 21.0 Å². The van der Waals surface area contributed by atoms with Crippen molar-refractivity contribution in [1.29, 1.82) is 0 Å². The van der Waals surface area contributed by atoms with E-state index in [1.54, 1.807) is 27.9 Å². The lowest BCUT2D eigenvalue weighted by Crippen LogP contribution is -2.40. The highest BCUT2D eigenvalue weighted by atomic mass is 79.9. The van der Waals surface area contributed by atoms with Crippen LogP contribution in [0, 0.1) is 5.82 Å². The number of carbonyl (C=O) groups is 1. The Morgan fingerprint density at radius 1 is 1.39 bits per heavy atom. The number of hydrogen-bond donors (Lipinski definition) is 1. The van der Waals surface area contributed by atoms with Gasteiger partial charge in [0.2, 0.25) is 0 Å². The summed E-state index contributed by atoms with van der Waals surface area (Å²) in [6.07, 6.45) is 3.59. The molecule has 2 heterocycles. The highest BCUT2D eigenvalue weighted by Gasteiger charge is 2.31. The monoisotopic (exact) mass is 402 g/mol.